The van der Waals surface area contributed by atoms with Crippen molar-refractivity contribution in [3.8, 4) is 0 Å². The highest BCUT2D eigenvalue weighted by atomic mass is 32.2. The van der Waals surface area contributed by atoms with E-state index in [0.717, 1.165) is 12.2 Å². The number of hydrogen-bond donors (Lipinski definition) is 3. The lowest BCUT2D eigenvalue weighted by Crippen LogP contribution is -2.47. The minimum absolute atomic E-state index is 0.400. The molecule has 0 spiro atoms. The summed E-state index contributed by atoms with van der Waals surface area (Å²) in [7, 11) is 1.65. The lowest BCUT2D eigenvalue weighted by molar-refractivity contribution is 0.208. The van der Waals surface area contributed by atoms with Crippen molar-refractivity contribution in [2.24, 2.45) is 10.8 Å². The maximum Gasteiger partial charge on any atom is 0.206 e. The minimum Gasteiger partial charge on any atom is -0.383 e. The molecule has 0 saturated carbocycles. The number of nitrogens with two attached hydrogens (primary N) is 1. The van der Waals surface area contributed by atoms with Gasteiger partial charge in [-0.15, -0.1) is 0 Å². The number of thioether (sulfide) groups is 1. The summed E-state index contributed by atoms with van der Waals surface area (Å²) in [5.74, 6) is 7.04. The molecule has 0 aromatic carbocycles. The predicted octanol–water partition coefficient (Wildman–Crippen LogP) is 0.183. The molecule has 1 unspecified atom stereocenters. The molecule has 4 N–H and O–H groups in total. The molecule has 6 heteroatoms. The zero-order valence-electron chi connectivity index (χ0n) is 9.75. The Bertz CT molecular complexity index is 177. The number of methoxy groups -OCH3 is 1. The molecule has 1 atom stereocenters. The van der Waals surface area contributed by atoms with Crippen LogP contribution in [0.5, 0.6) is 0 Å². The van der Waals surface area contributed by atoms with Crippen LogP contribution >= 0.6 is 11.8 Å². The third-order valence-corrected chi connectivity index (χ3v) is 2.64. The minimum atomic E-state index is 0.400. The van der Waals surface area contributed by atoms with Gasteiger partial charge in [-0.2, -0.15) is 11.8 Å². The van der Waals surface area contributed by atoms with Gasteiger partial charge in [0.1, 0.15) is 0 Å². The van der Waals surface area contributed by atoms with Crippen molar-refractivity contribution in [2.75, 3.05) is 32.3 Å². The summed E-state index contributed by atoms with van der Waals surface area (Å²) >= 11 is 1.80. The lowest BCUT2D eigenvalue weighted by atomic mass is 10.3. The molecule has 0 saturated heterocycles. The topological polar surface area (TPSA) is 71.7 Å². The van der Waals surface area contributed by atoms with Crippen LogP contribution in [-0.2, 0) is 4.74 Å². The maximum absolute atomic E-state index is 5.36. The van der Waals surface area contributed by atoms with Crippen molar-refractivity contribution in [3.05, 3.63) is 0 Å². The van der Waals surface area contributed by atoms with Gasteiger partial charge in [-0.1, -0.05) is 6.92 Å². The normalized spacial score (nSPS) is 13.7. The Morgan fingerprint density at radius 1 is 1.60 bits per heavy atom. The van der Waals surface area contributed by atoms with Crippen LogP contribution in [0, 0.1) is 0 Å². The molecule has 0 aliphatic rings. The van der Waals surface area contributed by atoms with Gasteiger partial charge in [-0.25, -0.2) is 10.8 Å². The van der Waals surface area contributed by atoms with Crippen molar-refractivity contribution in [1.82, 2.24) is 10.7 Å². The quantitative estimate of drug-likeness (QED) is 0.193. The third-order valence-electron chi connectivity index (χ3n) is 1.90. The van der Waals surface area contributed by atoms with E-state index in [1.807, 2.05) is 0 Å². The Hall–Kier alpha value is -0.460. The van der Waals surface area contributed by atoms with E-state index in [2.05, 4.69) is 28.9 Å². The van der Waals surface area contributed by atoms with Crippen molar-refractivity contribution in [1.29, 1.82) is 0 Å². The van der Waals surface area contributed by atoms with E-state index < -0.39 is 0 Å². The van der Waals surface area contributed by atoms with Gasteiger partial charge >= 0.3 is 0 Å². The van der Waals surface area contributed by atoms with Crippen molar-refractivity contribution >= 4 is 17.7 Å². The predicted molar refractivity (Wildman–Crippen MR) is 67.1 cm³/mol. The summed E-state index contributed by atoms with van der Waals surface area (Å²) in [6.45, 7) is 3.35. The molecule has 0 aliphatic carbocycles. The van der Waals surface area contributed by atoms with Crippen molar-refractivity contribution in [3.63, 3.8) is 0 Å². The van der Waals surface area contributed by atoms with Gasteiger partial charge in [0.25, 0.3) is 0 Å². The summed E-state index contributed by atoms with van der Waals surface area (Å²) in [5.41, 5.74) is 2.56. The van der Waals surface area contributed by atoms with E-state index in [4.69, 9.17) is 10.6 Å². The van der Waals surface area contributed by atoms with E-state index in [1.165, 1.54) is 0 Å². The Balaban J connectivity index is 3.98. The van der Waals surface area contributed by atoms with Gasteiger partial charge in [0, 0.05) is 18.9 Å². The Labute approximate surface area is 96.2 Å². The molecule has 0 fully saturated rings. The van der Waals surface area contributed by atoms with Gasteiger partial charge < -0.3 is 10.1 Å². The Morgan fingerprint density at radius 3 is 2.80 bits per heavy atom. The van der Waals surface area contributed by atoms with Gasteiger partial charge in [0.05, 0.1) is 13.2 Å². The van der Waals surface area contributed by atoms with Crippen molar-refractivity contribution in [2.45, 2.75) is 19.4 Å². The number of rotatable bonds is 7. The number of guanidine groups is 1. The van der Waals surface area contributed by atoms with Gasteiger partial charge in [-0.3, -0.25) is 5.43 Å². The van der Waals surface area contributed by atoms with Crippen LogP contribution in [0.2, 0.25) is 0 Å². The second-order valence-corrected chi connectivity index (χ2v) is 3.98. The number of hydrogen-bond acceptors (Lipinski definition) is 4. The average Bonchev–Trinajstić information content (AvgIpc) is 2.26. The number of aliphatic imine (C=N–C) groups is 1. The molecule has 5 nitrogen and oxygen atoms in total. The molecule has 0 rings (SSSR count). The Morgan fingerprint density at radius 2 is 2.33 bits per heavy atom. The maximum atomic E-state index is 5.36. The zero-order chi connectivity index (χ0) is 11.5. The highest BCUT2D eigenvalue weighted by Crippen LogP contribution is 2.00. The third kappa shape index (κ3) is 7.47. The fraction of sp³-hybridized carbons (Fsp3) is 0.889. The number of nitrogens with one attached hydrogen (secondary N) is 2. The molecule has 0 aromatic rings. The van der Waals surface area contributed by atoms with E-state index in [1.54, 1.807) is 18.9 Å². The van der Waals surface area contributed by atoms with Crippen LogP contribution in [0.4, 0.5) is 0 Å². The largest absolute Gasteiger partial charge is 0.383 e. The van der Waals surface area contributed by atoms with E-state index in [-0.39, 0.29) is 0 Å². The molecule has 0 radical (unpaired) electrons. The summed E-state index contributed by atoms with van der Waals surface area (Å²) in [6.07, 6.45) is 3.13. The van der Waals surface area contributed by atoms with Crippen LogP contribution < -0.4 is 16.6 Å². The summed E-state index contributed by atoms with van der Waals surface area (Å²) in [5, 5.41) is 3.25. The van der Waals surface area contributed by atoms with Crippen molar-refractivity contribution < 1.29 is 4.74 Å². The first-order valence-electron chi connectivity index (χ1n) is 5.03. The molecule has 0 aromatic heterocycles. The molecule has 15 heavy (non-hydrogen) atoms. The molecule has 0 aliphatic heterocycles. The van der Waals surface area contributed by atoms with E-state index >= 15 is 0 Å². The summed E-state index contributed by atoms with van der Waals surface area (Å²) in [4.78, 5) is 4.24. The molecule has 0 bridgehead atoms. The smallest absolute Gasteiger partial charge is 0.206 e. The number of nitrogens with zero attached hydrogens (tertiary/aromatic N) is 1. The highest BCUT2D eigenvalue weighted by Gasteiger charge is 2.06. The molecule has 0 heterocycles. The van der Waals surface area contributed by atoms with Crippen LogP contribution in [0.25, 0.3) is 0 Å². The van der Waals surface area contributed by atoms with Gasteiger partial charge in [0.15, 0.2) is 0 Å². The highest BCUT2D eigenvalue weighted by molar-refractivity contribution is 7.98. The number of ether oxygens (including phenoxy) is 1. The first kappa shape index (κ1) is 14.5. The second kappa shape index (κ2) is 10.1. The average molecular weight is 234 g/mol. The molecular formula is C9H22N4OS. The first-order chi connectivity index (χ1) is 7.28. The van der Waals surface area contributed by atoms with Crippen LogP contribution in [0.3, 0.4) is 0 Å². The van der Waals surface area contributed by atoms with E-state index in [9.17, 15) is 0 Å². The van der Waals surface area contributed by atoms with E-state index in [0.29, 0.717) is 25.2 Å². The standard InChI is InChI=1S/C9H22N4OS/c1-4-8(7-15-3)12-9(13-10)11-5-6-14-2/h8H,4-7,10H2,1-3H3,(H2,11,12,13). The summed E-state index contributed by atoms with van der Waals surface area (Å²) in [6, 6.07) is 0.400. The first-order valence-corrected chi connectivity index (χ1v) is 6.43. The SMILES string of the molecule is CCC(CSC)NC(=NCCOC)NN. The monoisotopic (exact) mass is 234 g/mol. The second-order valence-electron chi connectivity index (χ2n) is 3.07. The molecule has 90 valence electrons. The number of hydrazine groups is 1. The van der Waals surface area contributed by atoms with Gasteiger partial charge in [0.2, 0.25) is 5.96 Å². The lowest BCUT2D eigenvalue weighted by Gasteiger charge is -2.18. The van der Waals surface area contributed by atoms with Crippen LogP contribution in [0.1, 0.15) is 13.3 Å². The Kier molecular flexibility index (Phi) is 9.76. The zero-order valence-corrected chi connectivity index (χ0v) is 10.6. The fourth-order valence-corrected chi connectivity index (χ4v) is 1.76. The molecule has 0 amide bonds. The van der Waals surface area contributed by atoms with Crippen LogP contribution in [0.15, 0.2) is 4.99 Å². The summed E-state index contributed by atoms with van der Waals surface area (Å²) < 4.78 is 4.91. The van der Waals surface area contributed by atoms with Gasteiger partial charge in [-0.05, 0) is 12.7 Å². The van der Waals surface area contributed by atoms with Crippen LogP contribution in [-0.4, -0.2) is 44.3 Å². The fourth-order valence-electron chi connectivity index (χ4n) is 1.04. The molecular weight excluding hydrogens is 212 g/mol.